The molecule has 0 aliphatic heterocycles. The highest BCUT2D eigenvalue weighted by Crippen LogP contribution is 2.41. The van der Waals surface area contributed by atoms with Crippen LogP contribution in [0.3, 0.4) is 0 Å². The number of aromatic amines is 2. The molecular formula is C37H36N4O10. The van der Waals surface area contributed by atoms with Crippen LogP contribution >= 0.6 is 0 Å². The minimum absolute atomic E-state index is 0.0748. The van der Waals surface area contributed by atoms with Crippen molar-refractivity contribution in [1.82, 2.24) is 9.97 Å². The van der Waals surface area contributed by atoms with Crippen molar-refractivity contribution in [2.75, 3.05) is 27.1 Å². The van der Waals surface area contributed by atoms with E-state index in [2.05, 4.69) is 14.7 Å². The normalized spacial score (nSPS) is 10.7. The average molecular weight is 697 g/mol. The van der Waals surface area contributed by atoms with Crippen LogP contribution in [0.5, 0.6) is 34.5 Å². The summed E-state index contributed by atoms with van der Waals surface area (Å²) in [7, 11) is 4.32. The van der Waals surface area contributed by atoms with Crippen LogP contribution in [0.25, 0.3) is 21.8 Å². The number of ether oxygens (including phenoxy) is 5. The van der Waals surface area contributed by atoms with E-state index in [1.165, 1.54) is 32.4 Å². The van der Waals surface area contributed by atoms with Crippen LogP contribution in [-0.4, -0.2) is 53.3 Å². The molecule has 264 valence electrons. The van der Waals surface area contributed by atoms with E-state index in [-0.39, 0.29) is 36.0 Å². The minimum Gasteiger partial charge on any atom is -0.493 e. The van der Waals surface area contributed by atoms with Gasteiger partial charge in [0, 0.05) is 22.3 Å². The van der Waals surface area contributed by atoms with E-state index in [0.717, 1.165) is 27.9 Å². The lowest BCUT2D eigenvalue weighted by atomic mass is 10.1. The molecule has 0 bridgehead atoms. The summed E-state index contributed by atoms with van der Waals surface area (Å²) in [5.41, 5.74) is 11.4. The third-order valence-corrected chi connectivity index (χ3v) is 7.82. The molecule has 0 aliphatic carbocycles. The molecule has 0 amide bonds. The molecule has 0 saturated heterocycles. The van der Waals surface area contributed by atoms with Crippen molar-refractivity contribution in [3.8, 4) is 34.5 Å². The number of carboxylic acids is 1. The van der Waals surface area contributed by atoms with Crippen molar-refractivity contribution in [3.63, 3.8) is 0 Å². The molecule has 0 unspecified atom stereocenters. The van der Waals surface area contributed by atoms with Crippen molar-refractivity contribution in [2.24, 2.45) is 0 Å². The molecule has 6 rings (SSSR count). The summed E-state index contributed by atoms with van der Waals surface area (Å²) in [5, 5.41) is 21.8. The molecule has 6 aromatic rings. The Bertz CT molecular complexity index is 2260. The Morgan fingerprint density at radius 3 is 1.73 bits per heavy atom. The number of fused-ring (bicyclic) bond motifs is 2. The van der Waals surface area contributed by atoms with Crippen LogP contribution in [0, 0.1) is 24.0 Å². The van der Waals surface area contributed by atoms with Gasteiger partial charge in [-0.2, -0.15) is 0 Å². The van der Waals surface area contributed by atoms with Gasteiger partial charge in [0.05, 0.1) is 55.7 Å². The molecular weight excluding hydrogens is 660 g/mol. The van der Waals surface area contributed by atoms with Crippen LogP contribution in [0.2, 0.25) is 0 Å². The van der Waals surface area contributed by atoms with Crippen LogP contribution in [0.1, 0.15) is 22.5 Å². The average Bonchev–Trinajstić information content (AvgIpc) is 3.68. The van der Waals surface area contributed by atoms with Gasteiger partial charge in [-0.25, -0.2) is 0 Å². The molecule has 0 spiro atoms. The number of nitrogens with one attached hydrogen (secondary N) is 2. The second-order valence-electron chi connectivity index (χ2n) is 11.5. The van der Waals surface area contributed by atoms with Crippen molar-refractivity contribution in [2.45, 2.75) is 26.7 Å². The number of aryl methyl sites for hydroxylation is 2. The van der Waals surface area contributed by atoms with Crippen molar-refractivity contribution in [3.05, 3.63) is 105 Å². The molecule has 0 fully saturated rings. The van der Waals surface area contributed by atoms with E-state index in [1.807, 2.05) is 32.0 Å². The lowest BCUT2D eigenvalue weighted by Gasteiger charge is -2.13. The zero-order valence-corrected chi connectivity index (χ0v) is 28.5. The third kappa shape index (κ3) is 8.13. The van der Waals surface area contributed by atoms with E-state index in [4.69, 9.17) is 29.8 Å². The highest BCUT2D eigenvalue weighted by molar-refractivity contribution is 5.95. The first-order valence-corrected chi connectivity index (χ1v) is 15.5. The smallest absolute Gasteiger partial charge is 0.320 e. The zero-order chi connectivity index (χ0) is 36.8. The fraction of sp³-hybridized carbons (Fsp3) is 0.189. The largest absolute Gasteiger partial charge is 0.493 e. The molecule has 14 nitrogen and oxygen atoms in total. The SMILES string of the molecule is COC(=O)Cc1ccc(Oc2ccc3[nH]c(C)cc3c2N)c(OC)c1.COc1cc(CC(=O)O)ccc1Oc1ccc2[nH]c(C)cc2c1[N+](=O)[O-]. The van der Waals surface area contributed by atoms with E-state index < -0.39 is 10.9 Å². The number of carbonyl (C=O) groups is 2. The number of nitrogens with two attached hydrogens (primary N) is 1. The van der Waals surface area contributed by atoms with Crippen LogP contribution in [0.15, 0.2) is 72.8 Å². The quantitative estimate of drug-likeness (QED) is 0.0455. The molecule has 0 aliphatic rings. The number of anilines is 1. The Labute approximate surface area is 291 Å². The Morgan fingerprint density at radius 1 is 0.706 bits per heavy atom. The van der Waals surface area contributed by atoms with Crippen molar-refractivity contribution in [1.29, 1.82) is 0 Å². The maximum absolute atomic E-state index is 11.6. The van der Waals surface area contributed by atoms with Gasteiger partial charge in [0.1, 0.15) is 0 Å². The fourth-order valence-electron chi connectivity index (χ4n) is 5.48. The highest BCUT2D eigenvalue weighted by atomic mass is 16.6. The molecule has 51 heavy (non-hydrogen) atoms. The molecule has 2 heterocycles. The van der Waals surface area contributed by atoms with E-state index in [9.17, 15) is 19.7 Å². The van der Waals surface area contributed by atoms with Gasteiger partial charge in [-0.15, -0.1) is 0 Å². The lowest BCUT2D eigenvalue weighted by molar-refractivity contribution is -0.383. The van der Waals surface area contributed by atoms with Gasteiger partial charge in [0.2, 0.25) is 5.75 Å². The fourth-order valence-corrected chi connectivity index (χ4v) is 5.48. The standard InChI is InChI=1S/C19H20N2O4.C18H16N2O6/c1-11-8-13-14(21-11)5-7-16(19(13)20)25-15-6-4-12(9-17(15)23-2)10-18(22)24-3;1-10-7-12-13(19-10)4-6-15(18(12)20(23)24)26-14-5-3-11(9-17(21)22)8-16(14)25-2/h4-9,21H,10,20H2,1-3H3;3-8,19H,9H2,1-2H3,(H,21,22). The maximum atomic E-state index is 11.6. The van der Waals surface area contributed by atoms with Gasteiger partial charge in [-0.05, 0) is 85.6 Å². The molecule has 0 radical (unpaired) electrons. The van der Waals surface area contributed by atoms with Gasteiger partial charge in [0.25, 0.3) is 0 Å². The Hall–Kier alpha value is -6.70. The summed E-state index contributed by atoms with van der Waals surface area (Å²) in [6.07, 6.45) is 0.00917. The molecule has 0 saturated carbocycles. The number of carbonyl (C=O) groups excluding carboxylic acids is 1. The first kappa shape index (κ1) is 35.6. The van der Waals surface area contributed by atoms with Crippen molar-refractivity contribution < 1.29 is 43.3 Å². The third-order valence-electron chi connectivity index (χ3n) is 7.82. The van der Waals surface area contributed by atoms with Crippen LogP contribution in [-0.2, 0) is 27.2 Å². The molecule has 2 aromatic heterocycles. The Kier molecular flexibility index (Phi) is 10.6. The summed E-state index contributed by atoms with van der Waals surface area (Å²) in [6, 6.07) is 20.6. The van der Waals surface area contributed by atoms with Gasteiger partial charge < -0.3 is 44.5 Å². The molecule has 14 heteroatoms. The zero-order valence-electron chi connectivity index (χ0n) is 28.5. The summed E-state index contributed by atoms with van der Waals surface area (Å²) in [4.78, 5) is 39.6. The van der Waals surface area contributed by atoms with Gasteiger partial charge in [-0.3, -0.25) is 19.7 Å². The number of rotatable bonds is 11. The topological polar surface area (TPSA) is 201 Å². The predicted octanol–water partition coefficient (Wildman–Crippen LogP) is 7.39. The number of hydrogen-bond acceptors (Lipinski definition) is 10. The Balaban J connectivity index is 0.000000198. The van der Waals surface area contributed by atoms with E-state index >= 15 is 0 Å². The van der Waals surface area contributed by atoms with E-state index in [0.29, 0.717) is 45.2 Å². The predicted molar refractivity (Wildman–Crippen MR) is 190 cm³/mol. The lowest BCUT2D eigenvalue weighted by Crippen LogP contribution is -2.04. The second kappa shape index (κ2) is 15.2. The monoisotopic (exact) mass is 696 g/mol. The van der Waals surface area contributed by atoms with Crippen molar-refractivity contribution >= 4 is 45.1 Å². The molecule has 0 atom stereocenters. The second-order valence-corrected chi connectivity index (χ2v) is 11.5. The number of hydrogen-bond donors (Lipinski definition) is 4. The number of methoxy groups -OCH3 is 3. The maximum Gasteiger partial charge on any atom is 0.320 e. The molecule has 4 aromatic carbocycles. The van der Waals surface area contributed by atoms with Crippen LogP contribution in [0.4, 0.5) is 11.4 Å². The van der Waals surface area contributed by atoms with E-state index in [1.54, 1.807) is 43.5 Å². The minimum atomic E-state index is -0.968. The summed E-state index contributed by atoms with van der Waals surface area (Å²) >= 11 is 0. The number of esters is 1. The number of nitro benzene ring substituents is 1. The number of nitrogens with zero attached hydrogens (tertiary/aromatic N) is 1. The summed E-state index contributed by atoms with van der Waals surface area (Å²) in [5.74, 6) is 0.939. The number of benzene rings is 4. The number of nitro groups is 1. The van der Waals surface area contributed by atoms with Gasteiger partial charge in [0.15, 0.2) is 28.7 Å². The number of aliphatic carboxylic acids is 1. The highest BCUT2D eigenvalue weighted by Gasteiger charge is 2.23. The number of nitrogen functional groups attached to an aromatic ring is 1. The van der Waals surface area contributed by atoms with Gasteiger partial charge in [-0.1, -0.05) is 12.1 Å². The first-order valence-electron chi connectivity index (χ1n) is 15.5. The Morgan fingerprint density at radius 2 is 1.20 bits per heavy atom. The summed E-state index contributed by atoms with van der Waals surface area (Å²) in [6.45, 7) is 3.79. The molecule has 5 N–H and O–H groups in total. The summed E-state index contributed by atoms with van der Waals surface area (Å²) < 4.78 is 27.0. The first-order chi connectivity index (χ1) is 24.4. The number of carboxylic acid groups (broad SMARTS) is 1. The number of H-pyrrole nitrogens is 2. The number of aromatic nitrogens is 2. The van der Waals surface area contributed by atoms with Gasteiger partial charge >= 0.3 is 17.6 Å². The van der Waals surface area contributed by atoms with Crippen LogP contribution < -0.4 is 24.7 Å².